The van der Waals surface area contributed by atoms with Gasteiger partial charge in [-0.05, 0) is 12.8 Å². The molecular formula is C61H122O. The van der Waals surface area contributed by atoms with Gasteiger partial charge >= 0.3 is 0 Å². The van der Waals surface area contributed by atoms with Gasteiger partial charge < -0.3 is 0 Å². The van der Waals surface area contributed by atoms with E-state index in [2.05, 4.69) is 27.7 Å². The molecule has 62 heavy (non-hydrogen) atoms. The quantitative estimate of drug-likeness (QED) is 0.0557. The van der Waals surface area contributed by atoms with Gasteiger partial charge in [-0.15, -0.1) is 0 Å². The van der Waals surface area contributed by atoms with Gasteiger partial charge in [-0.3, -0.25) is 4.79 Å². The summed E-state index contributed by atoms with van der Waals surface area (Å²) in [5, 5.41) is 0. The highest BCUT2D eigenvalue weighted by Crippen LogP contribution is 2.22. The lowest BCUT2D eigenvalue weighted by Crippen LogP contribution is -2.19. The molecule has 0 aromatic heterocycles. The van der Waals surface area contributed by atoms with Crippen molar-refractivity contribution in [2.24, 2.45) is 11.8 Å². The highest BCUT2D eigenvalue weighted by atomic mass is 16.1. The highest BCUT2D eigenvalue weighted by molar-refractivity contribution is 5.82. The summed E-state index contributed by atoms with van der Waals surface area (Å²) < 4.78 is 0. The molecule has 0 heterocycles. The average molecular weight is 872 g/mol. The van der Waals surface area contributed by atoms with Crippen LogP contribution in [0.5, 0.6) is 0 Å². The van der Waals surface area contributed by atoms with Crippen LogP contribution < -0.4 is 0 Å². The normalized spacial score (nSPS) is 12.7. The van der Waals surface area contributed by atoms with Crippen LogP contribution in [0, 0.1) is 11.8 Å². The zero-order chi connectivity index (χ0) is 44.9. The van der Waals surface area contributed by atoms with Gasteiger partial charge in [-0.25, -0.2) is 0 Å². The van der Waals surface area contributed by atoms with Gasteiger partial charge in [0.15, 0.2) is 0 Å². The first-order valence-electron chi connectivity index (χ1n) is 30.2. The molecule has 0 aliphatic rings. The number of ketones is 1. The topological polar surface area (TPSA) is 17.1 Å². The zero-order valence-corrected chi connectivity index (χ0v) is 44.2. The second-order valence-electron chi connectivity index (χ2n) is 21.5. The maximum Gasteiger partial charge on any atom is 0.138 e. The Hall–Kier alpha value is -0.330. The summed E-state index contributed by atoms with van der Waals surface area (Å²) in [6, 6.07) is 0. The number of hydrogen-bond acceptors (Lipinski definition) is 1. The van der Waals surface area contributed by atoms with E-state index in [1.807, 2.05) is 0 Å². The molecule has 0 fully saturated rings. The first-order chi connectivity index (χ1) is 30.6. The standard InChI is InChI=1S/C61H122O/c1-5-7-9-11-13-15-17-19-21-23-25-27-29-31-33-35-37-39-41-43-45-47-49-51-53-55-57-59(3)61(62)60(4)58-56-54-52-50-48-46-44-42-40-38-36-34-32-30-28-26-24-22-20-18-16-14-12-10-8-6-2/h59-60H,5-58H2,1-4H3. The molecule has 0 rings (SSSR count). The molecule has 0 N–H and O–H groups in total. The summed E-state index contributed by atoms with van der Waals surface area (Å²) in [5.41, 5.74) is 0. The fraction of sp³-hybridized carbons (Fsp3) is 0.984. The molecule has 0 aliphatic carbocycles. The predicted molar refractivity (Wildman–Crippen MR) is 284 cm³/mol. The summed E-state index contributed by atoms with van der Waals surface area (Å²) in [5.74, 6) is 1.08. The van der Waals surface area contributed by atoms with Crippen molar-refractivity contribution >= 4 is 5.78 Å². The summed E-state index contributed by atoms with van der Waals surface area (Å²) in [6.45, 7) is 9.03. The third-order valence-corrected chi connectivity index (χ3v) is 15.0. The van der Waals surface area contributed by atoms with Crippen LogP contribution in [0.3, 0.4) is 0 Å². The largest absolute Gasteiger partial charge is 0.299 e. The average Bonchev–Trinajstić information content (AvgIpc) is 3.28. The van der Waals surface area contributed by atoms with Crippen LogP contribution in [0.4, 0.5) is 0 Å². The van der Waals surface area contributed by atoms with E-state index >= 15 is 0 Å². The molecule has 0 spiro atoms. The van der Waals surface area contributed by atoms with Crippen molar-refractivity contribution in [3.63, 3.8) is 0 Å². The Bertz CT molecular complexity index is 737. The molecular weight excluding hydrogens is 749 g/mol. The minimum absolute atomic E-state index is 0.267. The van der Waals surface area contributed by atoms with E-state index < -0.39 is 0 Å². The third kappa shape index (κ3) is 50.7. The summed E-state index contributed by atoms with van der Waals surface area (Å²) in [4.78, 5) is 13.0. The number of hydrogen-bond donors (Lipinski definition) is 0. The Kier molecular flexibility index (Phi) is 54.7. The van der Waals surface area contributed by atoms with Gasteiger partial charge in [0.1, 0.15) is 5.78 Å². The van der Waals surface area contributed by atoms with Gasteiger partial charge in [0.25, 0.3) is 0 Å². The van der Waals surface area contributed by atoms with Crippen molar-refractivity contribution in [2.45, 2.75) is 374 Å². The maximum atomic E-state index is 13.0. The lowest BCUT2D eigenvalue weighted by Gasteiger charge is -2.16. The van der Waals surface area contributed by atoms with Gasteiger partial charge in [-0.1, -0.05) is 362 Å². The molecule has 1 nitrogen and oxygen atoms in total. The minimum atomic E-state index is 0.267. The van der Waals surface area contributed by atoms with Crippen LogP contribution in [0.25, 0.3) is 0 Å². The maximum absolute atomic E-state index is 13.0. The van der Waals surface area contributed by atoms with Crippen LogP contribution in [-0.4, -0.2) is 5.78 Å². The lowest BCUT2D eigenvalue weighted by molar-refractivity contribution is -0.126. The second-order valence-corrected chi connectivity index (χ2v) is 21.5. The van der Waals surface area contributed by atoms with Crippen LogP contribution in [-0.2, 0) is 4.79 Å². The molecule has 372 valence electrons. The molecule has 0 saturated heterocycles. The number of carbonyl (C=O) groups is 1. The number of unbranched alkanes of at least 4 members (excludes halogenated alkanes) is 50. The van der Waals surface area contributed by atoms with Crippen LogP contribution in [0.1, 0.15) is 374 Å². The fourth-order valence-electron chi connectivity index (χ4n) is 10.3. The van der Waals surface area contributed by atoms with Crippen molar-refractivity contribution in [1.82, 2.24) is 0 Å². The molecule has 2 atom stereocenters. The van der Waals surface area contributed by atoms with Gasteiger partial charge in [0.05, 0.1) is 0 Å². The minimum Gasteiger partial charge on any atom is -0.299 e. The van der Waals surface area contributed by atoms with Crippen molar-refractivity contribution in [1.29, 1.82) is 0 Å². The van der Waals surface area contributed by atoms with Crippen LogP contribution in [0.2, 0.25) is 0 Å². The SMILES string of the molecule is CCCCCCCCCCCCCCCCCCCCCCCCCCCCC(C)C(=O)C(C)CCCCCCCCCCCCCCCCCCCCCCCCCCCC. The lowest BCUT2D eigenvalue weighted by atomic mass is 9.88. The number of Topliss-reactive ketones (excluding diaryl/α,β-unsaturated/α-hetero) is 1. The molecule has 0 amide bonds. The van der Waals surface area contributed by atoms with Crippen molar-refractivity contribution in [3.05, 3.63) is 0 Å². The molecule has 0 saturated carbocycles. The number of carbonyl (C=O) groups excluding carboxylic acids is 1. The van der Waals surface area contributed by atoms with E-state index in [0.717, 1.165) is 12.8 Å². The Morgan fingerprint density at radius 3 is 0.452 bits per heavy atom. The van der Waals surface area contributed by atoms with E-state index in [1.54, 1.807) is 0 Å². The van der Waals surface area contributed by atoms with Crippen LogP contribution >= 0.6 is 0 Å². The molecule has 0 radical (unpaired) electrons. The van der Waals surface area contributed by atoms with Gasteiger partial charge in [-0.2, -0.15) is 0 Å². The monoisotopic (exact) mass is 871 g/mol. The summed E-state index contributed by atoms with van der Waals surface area (Å²) >= 11 is 0. The molecule has 1 heteroatoms. The molecule has 0 aliphatic heterocycles. The Morgan fingerprint density at radius 1 is 0.210 bits per heavy atom. The Balaban J connectivity index is 3.31. The van der Waals surface area contributed by atoms with E-state index in [0.29, 0.717) is 5.78 Å². The molecule has 0 bridgehead atoms. The first-order valence-corrected chi connectivity index (χ1v) is 30.2. The molecule has 0 aromatic carbocycles. The van der Waals surface area contributed by atoms with Crippen molar-refractivity contribution < 1.29 is 4.79 Å². The van der Waals surface area contributed by atoms with Crippen LogP contribution in [0.15, 0.2) is 0 Å². The first kappa shape index (κ1) is 61.7. The second kappa shape index (κ2) is 55.0. The summed E-state index contributed by atoms with van der Waals surface area (Å²) in [6.07, 6.45) is 77.2. The molecule has 0 aromatic rings. The van der Waals surface area contributed by atoms with E-state index in [4.69, 9.17) is 0 Å². The van der Waals surface area contributed by atoms with Crippen molar-refractivity contribution in [3.8, 4) is 0 Å². The van der Waals surface area contributed by atoms with E-state index in [9.17, 15) is 4.79 Å². The zero-order valence-electron chi connectivity index (χ0n) is 44.2. The molecule has 2 unspecified atom stereocenters. The number of rotatable bonds is 56. The smallest absolute Gasteiger partial charge is 0.138 e. The fourth-order valence-corrected chi connectivity index (χ4v) is 10.3. The van der Waals surface area contributed by atoms with Gasteiger partial charge in [0.2, 0.25) is 0 Å². The van der Waals surface area contributed by atoms with E-state index in [-0.39, 0.29) is 11.8 Å². The Labute approximate surface area is 395 Å². The predicted octanol–water partition coefficient (Wildman–Crippen LogP) is 22.9. The van der Waals surface area contributed by atoms with E-state index in [1.165, 1.54) is 334 Å². The van der Waals surface area contributed by atoms with Gasteiger partial charge in [0, 0.05) is 11.8 Å². The van der Waals surface area contributed by atoms with Crippen molar-refractivity contribution in [2.75, 3.05) is 0 Å². The summed E-state index contributed by atoms with van der Waals surface area (Å²) in [7, 11) is 0. The highest BCUT2D eigenvalue weighted by Gasteiger charge is 2.19. The third-order valence-electron chi connectivity index (χ3n) is 15.0. The Morgan fingerprint density at radius 2 is 0.323 bits per heavy atom.